The number of carbonyl (C=O) groups excluding carboxylic acids is 2. The van der Waals surface area contributed by atoms with Crippen LogP contribution in [-0.4, -0.2) is 48.6 Å². The van der Waals surface area contributed by atoms with E-state index in [9.17, 15) is 19.5 Å². The fraction of sp³-hybridized carbons (Fsp3) is 0.531. The molecule has 2 amide bonds. The van der Waals surface area contributed by atoms with Crippen LogP contribution >= 0.6 is 0 Å². The molecule has 0 heterocycles. The maximum Gasteiger partial charge on any atom is 0.407 e. The van der Waals surface area contributed by atoms with Gasteiger partial charge in [0.1, 0.15) is 18.8 Å². The number of aliphatic carboxylic acids is 1. The number of hydrogen-bond donors (Lipinski definition) is 3. The van der Waals surface area contributed by atoms with Gasteiger partial charge in [-0.1, -0.05) is 48.5 Å². The molecule has 5 aliphatic carbocycles. The molecule has 0 aromatic heterocycles. The summed E-state index contributed by atoms with van der Waals surface area (Å²) < 4.78 is 11.3. The highest BCUT2D eigenvalue weighted by Gasteiger charge is 2.49. The van der Waals surface area contributed by atoms with Crippen LogP contribution in [0.4, 0.5) is 9.59 Å². The molecule has 0 radical (unpaired) electrons. The molecule has 4 saturated carbocycles. The number of alkyl carbamates (subject to hydrolysis) is 2. The Labute approximate surface area is 234 Å². The number of fused-ring (bicyclic) bond motifs is 3. The molecule has 0 saturated heterocycles. The Hall–Kier alpha value is -3.55. The van der Waals surface area contributed by atoms with Crippen LogP contribution in [0, 0.1) is 23.7 Å². The number of carbonyl (C=O) groups is 3. The van der Waals surface area contributed by atoms with E-state index in [4.69, 9.17) is 9.47 Å². The summed E-state index contributed by atoms with van der Waals surface area (Å²) in [5.74, 6) is 1.49. The third kappa shape index (κ3) is 5.54. The highest BCUT2D eigenvalue weighted by Crippen LogP contribution is 2.54. The molecule has 0 spiro atoms. The van der Waals surface area contributed by atoms with Gasteiger partial charge in [0.15, 0.2) is 0 Å². The molecular weight excluding hydrogens is 508 g/mol. The number of carboxylic acid groups (broad SMARTS) is 1. The molecular formula is C32H38N2O6. The number of ether oxygens (including phenoxy) is 2. The summed E-state index contributed by atoms with van der Waals surface area (Å²) in [5, 5.41) is 15.0. The van der Waals surface area contributed by atoms with Crippen LogP contribution in [0.3, 0.4) is 0 Å². The predicted octanol–water partition coefficient (Wildman–Crippen LogP) is 5.70. The van der Waals surface area contributed by atoms with Crippen molar-refractivity contribution in [1.29, 1.82) is 0 Å². The number of rotatable bonds is 10. The topological polar surface area (TPSA) is 114 Å². The van der Waals surface area contributed by atoms with E-state index in [1.165, 1.54) is 32.1 Å². The number of hydrogen-bond acceptors (Lipinski definition) is 5. The maximum atomic E-state index is 12.5. The summed E-state index contributed by atoms with van der Waals surface area (Å²) in [6, 6.07) is 15.1. The molecule has 5 aliphatic rings. The average molecular weight is 547 g/mol. The van der Waals surface area contributed by atoms with E-state index >= 15 is 0 Å². The Morgan fingerprint density at radius 1 is 0.825 bits per heavy atom. The van der Waals surface area contributed by atoms with Gasteiger partial charge < -0.3 is 25.2 Å². The Bertz CT molecular complexity index is 1190. The molecule has 0 aliphatic heterocycles. The second kappa shape index (κ2) is 11.5. The van der Waals surface area contributed by atoms with Crippen molar-refractivity contribution >= 4 is 18.2 Å². The van der Waals surface area contributed by atoms with E-state index in [1.807, 2.05) is 36.4 Å². The van der Waals surface area contributed by atoms with Crippen molar-refractivity contribution in [3.63, 3.8) is 0 Å². The zero-order valence-electron chi connectivity index (χ0n) is 22.7. The SMILES string of the molecule is O=C(N[C@@H](CCCCNC(=O)OC1C2CC3CC(C2)CC1C3)C(=O)O)OCC1c2ccccc2-c2ccccc21. The quantitative estimate of drug-likeness (QED) is 0.330. The van der Waals surface area contributed by atoms with Crippen molar-refractivity contribution in [3.05, 3.63) is 59.7 Å². The first-order valence-corrected chi connectivity index (χ1v) is 14.7. The fourth-order valence-corrected chi connectivity index (χ4v) is 7.94. The number of carboxylic acids is 1. The maximum absolute atomic E-state index is 12.5. The molecule has 7 rings (SSSR count). The lowest BCUT2D eigenvalue weighted by Crippen LogP contribution is -2.50. The van der Waals surface area contributed by atoms with Crippen LogP contribution in [0.1, 0.15) is 68.4 Å². The van der Waals surface area contributed by atoms with Gasteiger partial charge in [0.2, 0.25) is 0 Å². The molecule has 40 heavy (non-hydrogen) atoms. The van der Waals surface area contributed by atoms with Crippen LogP contribution in [0.15, 0.2) is 48.5 Å². The lowest BCUT2D eigenvalue weighted by molar-refractivity contribution is -0.139. The van der Waals surface area contributed by atoms with E-state index in [2.05, 4.69) is 22.8 Å². The third-order valence-electron chi connectivity index (χ3n) is 9.51. The van der Waals surface area contributed by atoms with Crippen molar-refractivity contribution in [2.75, 3.05) is 13.2 Å². The molecule has 4 fully saturated rings. The van der Waals surface area contributed by atoms with E-state index in [-0.39, 0.29) is 31.1 Å². The number of unbranched alkanes of at least 4 members (excludes halogenated alkanes) is 1. The second-order valence-electron chi connectivity index (χ2n) is 12.1. The summed E-state index contributed by atoms with van der Waals surface area (Å²) in [5.41, 5.74) is 4.46. The third-order valence-corrected chi connectivity index (χ3v) is 9.51. The number of amides is 2. The van der Waals surface area contributed by atoms with Crippen LogP contribution in [0.5, 0.6) is 0 Å². The zero-order chi connectivity index (χ0) is 27.6. The molecule has 0 unspecified atom stereocenters. The van der Waals surface area contributed by atoms with Gasteiger partial charge >= 0.3 is 18.2 Å². The normalized spacial score (nSPS) is 26.4. The van der Waals surface area contributed by atoms with Gasteiger partial charge in [-0.05, 0) is 97.3 Å². The minimum Gasteiger partial charge on any atom is -0.480 e. The standard InChI is InChI=1S/C32H38N2O6/c35-30(36)28(11-5-6-12-33-31(37)40-29-21-14-19-13-20(16-21)17-22(29)15-19)34-32(38)39-18-27-25-9-3-1-7-23(25)24-8-2-4-10-26(24)27/h1-4,7-10,19-22,27-29H,5-6,11-18H2,(H,33,37)(H,34,38)(H,35,36)/t19?,20?,21?,22?,28-,29?/m0/s1. The first-order valence-electron chi connectivity index (χ1n) is 14.7. The lowest BCUT2D eigenvalue weighted by Gasteiger charge is -2.53. The van der Waals surface area contributed by atoms with Crippen LogP contribution in [0.25, 0.3) is 11.1 Å². The summed E-state index contributed by atoms with van der Waals surface area (Å²) in [6.07, 6.45) is 6.42. The van der Waals surface area contributed by atoms with Gasteiger partial charge in [-0.3, -0.25) is 0 Å². The van der Waals surface area contributed by atoms with Gasteiger partial charge in [-0.15, -0.1) is 0 Å². The van der Waals surface area contributed by atoms with Gasteiger partial charge in [-0.2, -0.15) is 0 Å². The molecule has 2 aromatic rings. The minimum absolute atomic E-state index is 0.0468. The molecule has 3 N–H and O–H groups in total. The Morgan fingerprint density at radius 3 is 2.02 bits per heavy atom. The highest BCUT2D eigenvalue weighted by molar-refractivity contribution is 5.81. The first kappa shape index (κ1) is 26.7. The second-order valence-corrected chi connectivity index (χ2v) is 12.1. The van der Waals surface area contributed by atoms with Crippen LogP contribution < -0.4 is 10.6 Å². The predicted molar refractivity (Wildman–Crippen MR) is 149 cm³/mol. The van der Waals surface area contributed by atoms with E-state index < -0.39 is 18.1 Å². The minimum atomic E-state index is -1.11. The summed E-state index contributed by atoms with van der Waals surface area (Å²) in [7, 11) is 0. The van der Waals surface area contributed by atoms with Crippen molar-refractivity contribution in [1.82, 2.24) is 10.6 Å². The molecule has 4 bridgehead atoms. The van der Waals surface area contributed by atoms with Gasteiger partial charge in [-0.25, -0.2) is 14.4 Å². The Morgan fingerprint density at radius 2 is 1.43 bits per heavy atom. The van der Waals surface area contributed by atoms with Gasteiger partial charge in [0.25, 0.3) is 0 Å². The first-order chi connectivity index (χ1) is 19.5. The van der Waals surface area contributed by atoms with Crippen LogP contribution in [0.2, 0.25) is 0 Å². The smallest absolute Gasteiger partial charge is 0.407 e. The summed E-state index contributed by atoms with van der Waals surface area (Å²) in [6.45, 7) is 0.533. The molecule has 8 heteroatoms. The number of benzene rings is 2. The fourth-order valence-electron chi connectivity index (χ4n) is 7.94. The van der Waals surface area contributed by atoms with Crippen LogP contribution in [-0.2, 0) is 14.3 Å². The lowest BCUT2D eigenvalue weighted by atomic mass is 9.55. The van der Waals surface area contributed by atoms with E-state index in [0.29, 0.717) is 31.2 Å². The van der Waals surface area contributed by atoms with Crippen molar-refractivity contribution in [3.8, 4) is 11.1 Å². The van der Waals surface area contributed by atoms with Gasteiger partial charge in [0.05, 0.1) is 0 Å². The van der Waals surface area contributed by atoms with E-state index in [0.717, 1.165) is 34.1 Å². The largest absolute Gasteiger partial charge is 0.480 e. The summed E-state index contributed by atoms with van der Waals surface area (Å²) >= 11 is 0. The van der Waals surface area contributed by atoms with Crippen molar-refractivity contribution in [2.45, 2.75) is 69.4 Å². The van der Waals surface area contributed by atoms with Gasteiger partial charge in [0, 0.05) is 12.5 Å². The van der Waals surface area contributed by atoms with E-state index in [1.54, 1.807) is 0 Å². The molecule has 2 aromatic carbocycles. The number of nitrogens with one attached hydrogen (secondary N) is 2. The molecule has 212 valence electrons. The molecule has 1 atom stereocenters. The molecule has 8 nitrogen and oxygen atoms in total. The van der Waals surface area contributed by atoms with Crippen molar-refractivity contribution < 1.29 is 29.0 Å². The summed E-state index contributed by atoms with van der Waals surface area (Å²) in [4.78, 5) is 36.7. The zero-order valence-corrected chi connectivity index (χ0v) is 22.7. The average Bonchev–Trinajstić information content (AvgIpc) is 3.26. The highest BCUT2D eigenvalue weighted by atomic mass is 16.6. The Kier molecular flexibility index (Phi) is 7.67. The Balaban J connectivity index is 0.917. The monoisotopic (exact) mass is 546 g/mol. The van der Waals surface area contributed by atoms with Crippen molar-refractivity contribution in [2.24, 2.45) is 23.7 Å².